The van der Waals surface area contributed by atoms with Gasteiger partial charge in [-0.15, -0.1) is 11.3 Å². The van der Waals surface area contributed by atoms with Crippen LogP contribution < -0.4 is 11.1 Å². The fraction of sp³-hybridized carbons (Fsp3) is 0.389. The monoisotopic (exact) mass is 392 g/mol. The van der Waals surface area contributed by atoms with Crippen LogP contribution in [0.1, 0.15) is 29.7 Å². The number of piperidine rings is 1. The number of aliphatic imine (C=N–C) groups is 1. The Morgan fingerprint density at radius 1 is 1.15 bits per heavy atom. The quantitative estimate of drug-likeness (QED) is 0.604. The lowest BCUT2D eigenvalue weighted by Crippen LogP contribution is -2.35. The van der Waals surface area contributed by atoms with Gasteiger partial charge in [0.1, 0.15) is 4.21 Å². The lowest BCUT2D eigenvalue weighted by molar-refractivity contribution is 0.347. The van der Waals surface area contributed by atoms with E-state index in [-0.39, 0.29) is 0 Å². The Bertz CT molecular complexity index is 867. The first-order valence-electron chi connectivity index (χ1n) is 8.67. The number of guanidine groups is 1. The van der Waals surface area contributed by atoms with Gasteiger partial charge in [0.25, 0.3) is 10.0 Å². The highest BCUT2D eigenvalue weighted by molar-refractivity contribution is 7.91. The summed E-state index contributed by atoms with van der Waals surface area (Å²) in [7, 11) is -3.38. The van der Waals surface area contributed by atoms with Crippen molar-refractivity contribution in [2.24, 2.45) is 10.7 Å². The van der Waals surface area contributed by atoms with Crippen molar-refractivity contribution in [2.45, 2.75) is 36.9 Å². The van der Waals surface area contributed by atoms with Gasteiger partial charge in [0.15, 0.2) is 5.96 Å². The molecule has 1 saturated heterocycles. The molecular weight excluding hydrogens is 368 g/mol. The maximum atomic E-state index is 12.7. The number of thiophene rings is 1. The molecule has 0 bridgehead atoms. The third-order valence-electron chi connectivity index (χ3n) is 4.28. The van der Waals surface area contributed by atoms with Crippen LogP contribution in [-0.2, 0) is 16.6 Å². The number of hydrogen-bond acceptors (Lipinski definition) is 4. The third-order valence-corrected chi connectivity index (χ3v) is 7.71. The normalized spacial score (nSPS) is 16.6. The number of rotatable bonds is 5. The van der Waals surface area contributed by atoms with Gasteiger partial charge >= 0.3 is 0 Å². The Morgan fingerprint density at radius 2 is 1.85 bits per heavy atom. The topological polar surface area (TPSA) is 87.8 Å². The molecule has 6 nitrogen and oxygen atoms in total. The van der Waals surface area contributed by atoms with Crippen LogP contribution in [0.25, 0.3) is 0 Å². The summed E-state index contributed by atoms with van der Waals surface area (Å²) >= 11 is 1.26. The molecule has 1 aliphatic rings. The van der Waals surface area contributed by atoms with Gasteiger partial charge in [0, 0.05) is 23.7 Å². The molecule has 3 rings (SSSR count). The molecule has 8 heteroatoms. The molecule has 0 aliphatic carbocycles. The molecule has 2 heterocycles. The average Bonchev–Trinajstić information content (AvgIpc) is 3.13. The van der Waals surface area contributed by atoms with Crippen LogP contribution >= 0.6 is 11.3 Å². The van der Waals surface area contributed by atoms with E-state index in [4.69, 9.17) is 5.73 Å². The molecule has 1 aromatic carbocycles. The van der Waals surface area contributed by atoms with Gasteiger partial charge in [-0.25, -0.2) is 13.4 Å². The summed E-state index contributed by atoms with van der Waals surface area (Å²) in [6, 6.07) is 11.3. The van der Waals surface area contributed by atoms with Crippen molar-refractivity contribution in [3.05, 3.63) is 46.8 Å². The molecule has 1 fully saturated rings. The summed E-state index contributed by atoms with van der Waals surface area (Å²) in [6.45, 7) is 3.60. The van der Waals surface area contributed by atoms with Crippen LogP contribution in [0, 0.1) is 6.92 Å². The molecule has 0 amide bonds. The molecule has 140 valence electrons. The van der Waals surface area contributed by atoms with Crippen molar-refractivity contribution in [2.75, 3.05) is 18.4 Å². The molecular formula is C18H24N4O2S2. The Morgan fingerprint density at radius 3 is 2.54 bits per heavy atom. The van der Waals surface area contributed by atoms with Gasteiger partial charge < -0.3 is 11.1 Å². The van der Waals surface area contributed by atoms with Crippen LogP contribution in [0.2, 0.25) is 0 Å². The smallest absolute Gasteiger partial charge is 0.252 e. The van der Waals surface area contributed by atoms with E-state index in [1.165, 1.54) is 16.9 Å². The van der Waals surface area contributed by atoms with Crippen molar-refractivity contribution in [1.82, 2.24) is 4.31 Å². The molecule has 26 heavy (non-hydrogen) atoms. The Labute approximate surface area is 158 Å². The molecule has 0 spiro atoms. The highest BCUT2D eigenvalue weighted by Crippen LogP contribution is 2.27. The summed E-state index contributed by atoms with van der Waals surface area (Å²) < 4.78 is 27.3. The van der Waals surface area contributed by atoms with E-state index in [9.17, 15) is 8.42 Å². The third kappa shape index (κ3) is 4.63. The maximum absolute atomic E-state index is 12.7. The molecule has 0 atom stereocenters. The van der Waals surface area contributed by atoms with Crippen molar-refractivity contribution in [3.63, 3.8) is 0 Å². The first kappa shape index (κ1) is 18.9. The molecule has 0 radical (unpaired) electrons. The summed E-state index contributed by atoms with van der Waals surface area (Å²) in [5.41, 5.74) is 7.96. The predicted molar refractivity (Wildman–Crippen MR) is 107 cm³/mol. The predicted octanol–water partition coefficient (Wildman–Crippen LogP) is 3.16. The van der Waals surface area contributed by atoms with Crippen LogP contribution in [0.15, 0.2) is 45.6 Å². The van der Waals surface area contributed by atoms with E-state index < -0.39 is 10.0 Å². The van der Waals surface area contributed by atoms with E-state index in [0.29, 0.717) is 29.8 Å². The van der Waals surface area contributed by atoms with E-state index in [1.54, 1.807) is 10.4 Å². The number of benzene rings is 1. The molecule has 0 unspecified atom stereocenters. The Hall–Kier alpha value is -1.90. The first-order valence-corrected chi connectivity index (χ1v) is 10.9. The number of aryl methyl sites for hydroxylation is 1. The lowest BCUT2D eigenvalue weighted by atomic mass is 10.2. The highest BCUT2D eigenvalue weighted by atomic mass is 32.2. The minimum absolute atomic E-state index is 0.308. The van der Waals surface area contributed by atoms with Gasteiger partial charge in [-0.2, -0.15) is 4.31 Å². The number of hydrogen-bond donors (Lipinski definition) is 2. The Kier molecular flexibility index (Phi) is 5.95. The number of sulfonamides is 1. The molecule has 3 N–H and O–H groups in total. The molecule has 1 aromatic heterocycles. The maximum Gasteiger partial charge on any atom is 0.252 e. The second-order valence-electron chi connectivity index (χ2n) is 6.38. The first-order chi connectivity index (χ1) is 12.4. The molecule has 2 aromatic rings. The Balaban J connectivity index is 1.63. The zero-order chi connectivity index (χ0) is 18.6. The van der Waals surface area contributed by atoms with Crippen LogP contribution in [-0.4, -0.2) is 31.8 Å². The van der Waals surface area contributed by atoms with Crippen LogP contribution in [0.5, 0.6) is 0 Å². The van der Waals surface area contributed by atoms with Gasteiger partial charge in [-0.1, -0.05) is 24.1 Å². The zero-order valence-electron chi connectivity index (χ0n) is 14.8. The fourth-order valence-corrected chi connectivity index (χ4v) is 5.75. The number of nitrogens with one attached hydrogen (secondary N) is 1. The molecule has 1 aliphatic heterocycles. The number of nitrogens with zero attached hydrogens (tertiary/aromatic N) is 2. The standard InChI is InChI=1S/C18H24N4O2S2/c1-14-5-7-15(8-6-14)21-18(19)20-13-16-9-10-17(25-16)26(23,24)22-11-3-2-4-12-22/h5-10H,2-4,11-13H2,1H3,(H3,19,20,21). The van der Waals surface area contributed by atoms with Gasteiger partial charge in [0.05, 0.1) is 6.54 Å². The van der Waals surface area contributed by atoms with Gasteiger partial charge in [-0.3, -0.25) is 0 Å². The fourth-order valence-electron chi connectivity index (χ4n) is 2.80. The van der Waals surface area contributed by atoms with Crippen LogP contribution in [0.3, 0.4) is 0 Å². The summed E-state index contributed by atoms with van der Waals surface area (Å²) in [6.07, 6.45) is 2.97. The van der Waals surface area contributed by atoms with E-state index in [0.717, 1.165) is 29.8 Å². The lowest BCUT2D eigenvalue weighted by Gasteiger charge is -2.25. The minimum atomic E-state index is -3.38. The van der Waals surface area contributed by atoms with E-state index in [2.05, 4.69) is 10.3 Å². The summed E-state index contributed by atoms with van der Waals surface area (Å²) in [5.74, 6) is 0.308. The summed E-state index contributed by atoms with van der Waals surface area (Å²) in [4.78, 5) is 5.17. The van der Waals surface area contributed by atoms with Crippen molar-refractivity contribution in [3.8, 4) is 0 Å². The second kappa shape index (κ2) is 8.20. The SMILES string of the molecule is Cc1ccc(NC(N)=NCc2ccc(S(=O)(=O)N3CCCCC3)s2)cc1. The van der Waals surface area contributed by atoms with Gasteiger partial charge in [-0.05, 0) is 44.0 Å². The minimum Gasteiger partial charge on any atom is -0.370 e. The van der Waals surface area contributed by atoms with Crippen molar-refractivity contribution in [1.29, 1.82) is 0 Å². The average molecular weight is 393 g/mol. The zero-order valence-corrected chi connectivity index (χ0v) is 16.4. The number of anilines is 1. The van der Waals surface area contributed by atoms with E-state index >= 15 is 0 Å². The largest absolute Gasteiger partial charge is 0.370 e. The van der Waals surface area contributed by atoms with E-state index in [1.807, 2.05) is 37.3 Å². The second-order valence-corrected chi connectivity index (χ2v) is 9.71. The van der Waals surface area contributed by atoms with Crippen LogP contribution in [0.4, 0.5) is 5.69 Å². The van der Waals surface area contributed by atoms with Crippen molar-refractivity contribution < 1.29 is 8.42 Å². The summed E-state index contributed by atoms with van der Waals surface area (Å²) in [5, 5.41) is 3.03. The number of nitrogens with two attached hydrogens (primary N) is 1. The van der Waals surface area contributed by atoms with Gasteiger partial charge in [0.2, 0.25) is 0 Å². The highest BCUT2D eigenvalue weighted by Gasteiger charge is 2.27. The molecule has 0 saturated carbocycles. The van der Waals surface area contributed by atoms with Crippen molar-refractivity contribution >= 4 is 33.0 Å².